The van der Waals surface area contributed by atoms with Gasteiger partial charge in [-0.2, -0.15) is 0 Å². The molecule has 1 aromatic heterocycles. The zero-order valence-electron chi connectivity index (χ0n) is 11.5. The van der Waals surface area contributed by atoms with Crippen molar-refractivity contribution in [3.63, 3.8) is 0 Å². The minimum atomic E-state index is -0.664. The van der Waals surface area contributed by atoms with Gasteiger partial charge in [0.05, 0.1) is 5.92 Å². The molecule has 2 aliphatic rings. The normalized spacial score (nSPS) is 29.4. The Morgan fingerprint density at radius 1 is 1.45 bits per heavy atom. The van der Waals surface area contributed by atoms with E-state index in [4.69, 9.17) is 0 Å². The Morgan fingerprint density at radius 2 is 2.30 bits per heavy atom. The molecule has 0 bridgehead atoms. The van der Waals surface area contributed by atoms with Crippen LogP contribution in [0.25, 0.3) is 10.9 Å². The highest BCUT2D eigenvalue weighted by atomic mass is 16.4. The second-order valence-corrected chi connectivity index (χ2v) is 6.17. The molecule has 104 valence electrons. The Balaban J connectivity index is 1.85. The number of nitrogens with zero attached hydrogens (tertiary/aromatic N) is 1. The Bertz CT molecular complexity index is 691. The van der Waals surface area contributed by atoms with Crippen molar-refractivity contribution in [1.82, 2.24) is 9.88 Å². The first-order valence-electron chi connectivity index (χ1n) is 7.17. The Hall–Kier alpha value is -1.81. The number of fused-ring (bicyclic) bond motifs is 2. The maximum absolute atomic E-state index is 11.4. The van der Waals surface area contributed by atoms with Gasteiger partial charge in [0.25, 0.3) is 0 Å². The lowest BCUT2D eigenvalue weighted by molar-refractivity contribution is -0.144. The van der Waals surface area contributed by atoms with Crippen LogP contribution in [-0.4, -0.2) is 40.6 Å². The van der Waals surface area contributed by atoms with Crippen LogP contribution in [0, 0.1) is 5.92 Å². The second-order valence-electron chi connectivity index (χ2n) is 6.17. The molecule has 2 N–H and O–H groups in total. The number of likely N-dealkylation sites (tertiary alicyclic amines) is 1. The molecular weight excluding hydrogens is 252 g/mol. The van der Waals surface area contributed by atoms with Crippen LogP contribution in [0.4, 0.5) is 0 Å². The van der Waals surface area contributed by atoms with Gasteiger partial charge in [-0.3, -0.25) is 4.79 Å². The summed E-state index contributed by atoms with van der Waals surface area (Å²) in [6, 6.07) is 6.78. The Labute approximate surface area is 117 Å². The van der Waals surface area contributed by atoms with Gasteiger partial charge in [-0.25, -0.2) is 0 Å². The zero-order chi connectivity index (χ0) is 13.9. The third kappa shape index (κ3) is 1.54. The number of aromatic amines is 1. The monoisotopic (exact) mass is 270 g/mol. The fraction of sp³-hybridized carbons (Fsp3) is 0.438. The molecule has 1 fully saturated rings. The minimum absolute atomic E-state index is 0.253. The van der Waals surface area contributed by atoms with Gasteiger partial charge in [0.1, 0.15) is 0 Å². The fourth-order valence-corrected chi connectivity index (χ4v) is 4.12. The van der Waals surface area contributed by atoms with Gasteiger partial charge in [0, 0.05) is 35.6 Å². The third-order valence-electron chi connectivity index (χ3n) is 5.07. The maximum atomic E-state index is 11.4. The molecule has 0 saturated carbocycles. The number of likely N-dealkylation sites (N-methyl/N-ethyl adjacent to an activating group) is 1. The molecule has 2 unspecified atom stereocenters. The molecule has 2 heterocycles. The van der Waals surface area contributed by atoms with E-state index in [1.54, 1.807) is 0 Å². The summed E-state index contributed by atoms with van der Waals surface area (Å²) < 4.78 is 0. The quantitative estimate of drug-likeness (QED) is 0.835. The molecule has 1 aliphatic heterocycles. The van der Waals surface area contributed by atoms with Crippen molar-refractivity contribution in [1.29, 1.82) is 0 Å². The summed E-state index contributed by atoms with van der Waals surface area (Å²) in [5, 5.41) is 10.7. The van der Waals surface area contributed by atoms with Crippen LogP contribution < -0.4 is 0 Å². The standard InChI is InChI=1S/C16H18N2O2/c1-18-8-10(16(19)20)5-12-11-3-2-4-13-15(11)9(7-17-13)6-14(12)18/h2-4,7,10,12,14,17H,5-6,8H2,1H3,(H,19,20)/t10?,12?,14-/m1/s1. The molecule has 1 aromatic carbocycles. The van der Waals surface area contributed by atoms with Crippen molar-refractivity contribution < 1.29 is 9.90 Å². The average molecular weight is 270 g/mol. The Kier molecular flexibility index (Phi) is 2.45. The number of carboxylic acid groups (broad SMARTS) is 1. The van der Waals surface area contributed by atoms with Gasteiger partial charge in [-0.15, -0.1) is 0 Å². The smallest absolute Gasteiger partial charge is 0.307 e. The molecule has 1 aliphatic carbocycles. The number of hydrogen-bond acceptors (Lipinski definition) is 2. The van der Waals surface area contributed by atoms with Crippen molar-refractivity contribution >= 4 is 16.9 Å². The van der Waals surface area contributed by atoms with Crippen LogP contribution in [-0.2, 0) is 11.2 Å². The summed E-state index contributed by atoms with van der Waals surface area (Å²) in [6.07, 6.45) is 3.89. The number of benzene rings is 1. The highest BCUT2D eigenvalue weighted by molar-refractivity contribution is 5.88. The van der Waals surface area contributed by atoms with Crippen LogP contribution in [0.15, 0.2) is 24.4 Å². The van der Waals surface area contributed by atoms with Crippen LogP contribution in [0.5, 0.6) is 0 Å². The first-order valence-corrected chi connectivity index (χ1v) is 7.17. The van der Waals surface area contributed by atoms with Gasteiger partial charge < -0.3 is 15.0 Å². The van der Waals surface area contributed by atoms with Crippen LogP contribution in [0.2, 0.25) is 0 Å². The largest absolute Gasteiger partial charge is 0.481 e. The molecule has 4 nitrogen and oxygen atoms in total. The van der Waals surface area contributed by atoms with Crippen LogP contribution in [0.1, 0.15) is 23.5 Å². The number of aromatic nitrogens is 1. The lowest BCUT2D eigenvalue weighted by atomic mass is 9.72. The second kappa shape index (κ2) is 4.09. The van der Waals surface area contributed by atoms with E-state index in [1.807, 2.05) is 0 Å². The van der Waals surface area contributed by atoms with Gasteiger partial charge in [0.2, 0.25) is 0 Å². The van der Waals surface area contributed by atoms with Crippen molar-refractivity contribution in [2.45, 2.75) is 24.8 Å². The lowest BCUT2D eigenvalue weighted by Crippen LogP contribution is -2.49. The van der Waals surface area contributed by atoms with Crippen LogP contribution >= 0.6 is 0 Å². The summed E-state index contributed by atoms with van der Waals surface area (Å²) in [7, 11) is 2.06. The van der Waals surface area contributed by atoms with E-state index in [9.17, 15) is 9.90 Å². The predicted molar refractivity (Wildman–Crippen MR) is 76.9 cm³/mol. The molecule has 2 aromatic rings. The van der Waals surface area contributed by atoms with Gasteiger partial charge in [-0.05, 0) is 37.1 Å². The number of piperidine rings is 1. The van der Waals surface area contributed by atoms with Crippen molar-refractivity contribution in [2.24, 2.45) is 5.92 Å². The average Bonchev–Trinajstić information content (AvgIpc) is 2.84. The van der Waals surface area contributed by atoms with E-state index in [2.05, 4.69) is 41.3 Å². The lowest BCUT2D eigenvalue weighted by Gasteiger charge is -2.44. The summed E-state index contributed by atoms with van der Waals surface area (Å²) in [5.74, 6) is -0.582. The number of nitrogens with one attached hydrogen (secondary N) is 1. The molecule has 0 radical (unpaired) electrons. The summed E-state index contributed by atoms with van der Waals surface area (Å²) in [4.78, 5) is 17.0. The zero-order valence-corrected chi connectivity index (χ0v) is 11.5. The molecule has 20 heavy (non-hydrogen) atoms. The summed E-state index contributed by atoms with van der Waals surface area (Å²) in [5.41, 5.74) is 3.88. The Morgan fingerprint density at radius 3 is 3.10 bits per heavy atom. The molecule has 3 atom stereocenters. The van der Waals surface area contributed by atoms with E-state index in [0.717, 1.165) is 12.8 Å². The first kappa shape index (κ1) is 12.0. The van der Waals surface area contributed by atoms with Crippen molar-refractivity contribution in [3.05, 3.63) is 35.5 Å². The minimum Gasteiger partial charge on any atom is -0.481 e. The molecule has 1 saturated heterocycles. The van der Waals surface area contributed by atoms with Gasteiger partial charge >= 0.3 is 5.97 Å². The predicted octanol–water partition coefficient (Wildman–Crippen LogP) is 2.21. The van der Waals surface area contributed by atoms with E-state index in [-0.39, 0.29) is 5.92 Å². The van der Waals surface area contributed by atoms with Crippen molar-refractivity contribution in [2.75, 3.05) is 13.6 Å². The molecular formula is C16H18N2O2. The number of carbonyl (C=O) groups is 1. The first-order chi connectivity index (χ1) is 9.65. The van der Waals surface area contributed by atoms with E-state index >= 15 is 0 Å². The molecule has 4 heteroatoms. The number of carboxylic acids is 1. The highest BCUT2D eigenvalue weighted by Crippen LogP contribution is 2.44. The summed E-state index contributed by atoms with van der Waals surface area (Å²) >= 11 is 0. The number of rotatable bonds is 1. The number of hydrogen-bond donors (Lipinski definition) is 2. The highest BCUT2D eigenvalue weighted by Gasteiger charge is 2.41. The molecule has 0 amide bonds. The molecule has 0 spiro atoms. The molecule has 4 rings (SSSR count). The van der Waals surface area contributed by atoms with Gasteiger partial charge in [0.15, 0.2) is 0 Å². The topological polar surface area (TPSA) is 56.3 Å². The SMILES string of the molecule is CN1CC(C(=O)O)CC2c3cccc4[nH]cc(c34)C[C@H]21. The van der Waals surface area contributed by atoms with Crippen molar-refractivity contribution in [3.8, 4) is 0 Å². The van der Waals surface area contributed by atoms with E-state index in [1.165, 1.54) is 22.0 Å². The summed E-state index contributed by atoms with van der Waals surface area (Å²) in [6.45, 7) is 0.659. The van der Waals surface area contributed by atoms with E-state index < -0.39 is 5.97 Å². The third-order valence-corrected chi connectivity index (χ3v) is 5.07. The van der Waals surface area contributed by atoms with E-state index in [0.29, 0.717) is 18.5 Å². The maximum Gasteiger partial charge on any atom is 0.307 e. The fourth-order valence-electron chi connectivity index (χ4n) is 4.12. The number of H-pyrrole nitrogens is 1. The van der Waals surface area contributed by atoms with Gasteiger partial charge in [-0.1, -0.05) is 12.1 Å². The number of aliphatic carboxylic acids is 1. The van der Waals surface area contributed by atoms with Crippen LogP contribution in [0.3, 0.4) is 0 Å².